The first-order valence-corrected chi connectivity index (χ1v) is 7.69. The number of aryl methyl sites for hydroxylation is 1. The Kier molecular flexibility index (Phi) is 4.04. The lowest BCUT2D eigenvalue weighted by atomic mass is 10.2. The number of thiazole rings is 1. The van der Waals surface area contributed by atoms with E-state index < -0.39 is 0 Å². The van der Waals surface area contributed by atoms with Crippen molar-refractivity contribution < 1.29 is 4.74 Å². The van der Waals surface area contributed by atoms with Crippen LogP contribution in [0.5, 0.6) is 10.9 Å². The van der Waals surface area contributed by atoms with Gasteiger partial charge in [-0.05, 0) is 19.1 Å². The van der Waals surface area contributed by atoms with Crippen molar-refractivity contribution in [1.82, 2.24) is 10.3 Å². The van der Waals surface area contributed by atoms with Crippen molar-refractivity contribution in [3.05, 3.63) is 34.8 Å². The number of piperazine rings is 1. The lowest BCUT2D eigenvalue weighted by Crippen LogP contribution is -2.43. The Hall–Kier alpha value is -2.10. The van der Waals surface area contributed by atoms with E-state index >= 15 is 0 Å². The Morgan fingerprint density at radius 3 is 2.81 bits per heavy atom. The van der Waals surface area contributed by atoms with Crippen molar-refractivity contribution in [3.63, 3.8) is 0 Å². The van der Waals surface area contributed by atoms with Gasteiger partial charge in [-0.3, -0.25) is 0 Å². The van der Waals surface area contributed by atoms with Crippen molar-refractivity contribution in [2.45, 2.75) is 6.92 Å². The summed E-state index contributed by atoms with van der Waals surface area (Å²) in [5.74, 6) is 0.789. The fraction of sp³-hybridized carbons (Fsp3) is 0.333. The molecule has 0 saturated carbocycles. The van der Waals surface area contributed by atoms with Gasteiger partial charge in [0.1, 0.15) is 10.9 Å². The molecule has 1 aromatic heterocycles. The second-order valence-electron chi connectivity index (χ2n) is 4.81. The van der Waals surface area contributed by atoms with Gasteiger partial charge in [-0.2, -0.15) is 5.26 Å². The Morgan fingerprint density at radius 1 is 1.33 bits per heavy atom. The summed E-state index contributed by atoms with van der Waals surface area (Å²) in [6, 6.07) is 10.1. The number of para-hydroxylation sites is 2. The molecule has 1 fully saturated rings. The van der Waals surface area contributed by atoms with Crippen LogP contribution in [0, 0.1) is 18.3 Å². The molecular formula is C15H16N4OS. The maximum atomic E-state index is 9.01. The predicted octanol–water partition coefficient (Wildman–Crippen LogP) is 2.53. The van der Waals surface area contributed by atoms with Gasteiger partial charge in [0.25, 0.3) is 5.19 Å². The van der Waals surface area contributed by atoms with Crippen LogP contribution in [0.15, 0.2) is 24.3 Å². The van der Waals surface area contributed by atoms with Gasteiger partial charge in [-0.1, -0.05) is 23.5 Å². The molecule has 0 amide bonds. The number of nitrogens with one attached hydrogen (secondary N) is 1. The Balaban J connectivity index is 1.86. The topological polar surface area (TPSA) is 61.2 Å². The third-order valence-corrected chi connectivity index (χ3v) is 4.34. The molecule has 6 heteroatoms. The fourth-order valence-electron chi connectivity index (χ4n) is 2.32. The highest BCUT2D eigenvalue weighted by Gasteiger charge is 2.16. The van der Waals surface area contributed by atoms with Crippen LogP contribution < -0.4 is 15.0 Å². The van der Waals surface area contributed by atoms with Crippen LogP contribution in [-0.2, 0) is 0 Å². The van der Waals surface area contributed by atoms with E-state index in [1.807, 2.05) is 25.1 Å². The minimum atomic E-state index is 0.520. The Labute approximate surface area is 127 Å². The van der Waals surface area contributed by atoms with Gasteiger partial charge in [0.15, 0.2) is 5.75 Å². The zero-order valence-electron chi connectivity index (χ0n) is 11.8. The molecule has 3 rings (SSSR count). The van der Waals surface area contributed by atoms with E-state index in [2.05, 4.69) is 27.3 Å². The molecule has 0 aliphatic carbocycles. The smallest absolute Gasteiger partial charge is 0.280 e. The zero-order chi connectivity index (χ0) is 14.7. The fourth-order valence-corrected chi connectivity index (χ4v) is 3.05. The number of anilines is 1. The molecule has 108 valence electrons. The number of nitriles is 1. The molecule has 1 aromatic carbocycles. The molecule has 2 aromatic rings. The van der Waals surface area contributed by atoms with E-state index in [0.29, 0.717) is 10.1 Å². The van der Waals surface area contributed by atoms with Gasteiger partial charge in [-0.25, -0.2) is 4.98 Å². The highest BCUT2D eigenvalue weighted by molar-refractivity contribution is 7.14. The van der Waals surface area contributed by atoms with Crippen molar-refractivity contribution in [1.29, 1.82) is 5.26 Å². The van der Waals surface area contributed by atoms with Gasteiger partial charge in [-0.15, -0.1) is 0 Å². The van der Waals surface area contributed by atoms with Crippen molar-refractivity contribution >= 4 is 17.0 Å². The first kappa shape index (κ1) is 13.9. The van der Waals surface area contributed by atoms with Gasteiger partial charge < -0.3 is 15.0 Å². The monoisotopic (exact) mass is 300 g/mol. The normalized spacial score (nSPS) is 14.8. The number of ether oxygens (including phenoxy) is 1. The summed E-state index contributed by atoms with van der Waals surface area (Å²) in [7, 11) is 0. The van der Waals surface area contributed by atoms with Crippen LogP contribution in [0.3, 0.4) is 0 Å². The summed E-state index contributed by atoms with van der Waals surface area (Å²) in [4.78, 5) is 7.21. The van der Waals surface area contributed by atoms with E-state index in [1.54, 1.807) is 0 Å². The summed E-state index contributed by atoms with van der Waals surface area (Å²) in [6.07, 6.45) is 0. The van der Waals surface area contributed by atoms with Gasteiger partial charge in [0, 0.05) is 26.2 Å². The van der Waals surface area contributed by atoms with Crippen molar-refractivity contribution in [2.24, 2.45) is 0 Å². The summed E-state index contributed by atoms with van der Waals surface area (Å²) in [5.41, 5.74) is 1.79. The van der Waals surface area contributed by atoms with E-state index in [-0.39, 0.29) is 0 Å². The van der Waals surface area contributed by atoms with E-state index in [1.165, 1.54) is 11.3 Å². The molecule has 1 aliphatic rings. The molecule has 1 aliphatic heterocycles. The van der Waals surface area contributed by atoms with Gasteiger partial charge >= 0.3 is 0 Å². The number of hydrogen-bond acceptors (Lipinski definition) is 6. The van der Waals surface area contributed by atoms with Crippen LogP contribution in [0.1, 0.15) is 10.6 Å². The average molecular weight is 300 g/mol. The quantitative estimate of drug-likeness (QED) is 0.944. The highest BCUT2D eigenvalue weighted by atomic mass is 32.1. The summed E-state index contributed by atoms with van der Waals surface area (Å²) in [6.45, 7) is 5.69. The van der Waals surface area contributed by atoms with Gasteiger partial charge in [0.05, 0.1) is 11.4 Å². The second kappa shape index (κ2) is 6.12. The molecule has 0 unspecified atom stereocenters. The summed E-state index contributed by atoms with van der Waals surface area (Å²) >= 11 is 1.28. The van der Waals surface area contributed by atoms with Crippen molar-refractivity contribution in [2.75, 3.05) is 31.1 Å². The molecular weight excluding hydrogens is 284 g/mol. The van der Waals surface area contributed by atoms with Crippen LogP contribution in [0.25, 0.3) is 0 Å². The third-order valence-electron chi connectivity index (χ3n) is 3.40. The molecule has 0 spiro atoms. The molecule has 1 N–H and O–H groups in total. The largest absolute Gasteiger partial charge is 0.429 e. The maximum Gasteiger partial charge on any atom is 0.280 e. The molecule has 5 nitrogen and oxygen atoms in total. The molecule has 21 heavy (non-hydrogen) atoms. The minimum Gasteiger partial charge on any atom is -0.429 e. The van der Waals surface area contributed by atoms with Crippen LogP contribution in [-0.4, -0.2) is 31.2 Å². The number of rotatable bonds is 3. The molecule has 0 radical (unpaired) electrons. The SMILES string of the molecule is Cc1nc(Oc2ccccc2N2CCNCC2)sc1C#N. The number of nitrogens with zero attached hydrogens (tertiary/aromatic N) is 3. The van der Waals surface area contributed by atoms with Crippen LogP contribution in [0.4, 0.5) is 5.69 Å². The molecule has 1 saturated heterocycles. The summed E-state index contributed by atoms with van der Waals surface area (Å²) in [5, 5.41) is 12.9. The maximum absolute atomic E-state index is 9.01. The molecule has 0 atom stereocenters. The van der Waals surface area contributed by atoms with E-state index in [9.17, 15) is 0 Å². The number of hydrogen-bond donors (Lipinski definition) is 1. The summed E-state index contributed by atoms with van der Waals surface area (Å²) < 4.78 is 5.92. The highest BCUT2D eigenvalue weighted by Crippen LogP contribution is 2.34. The third kappa shape index (κ3) is 2.99. The van der Waals surface area contributed by atoms with Crippen LogP contribution in [0.2, 0.25) is 0 Å². The standard InChI is InChI=1S/C15H16N4OS/c1-11-14(10-16)21-15(18-11)20-13-5-3-2-4-12(13)19-8-6-17-7-9-19/h2-5,17H,6-9H2,1H3. The van der Waals surface area contributed by atoms with Crippen molar-refractivity contribution in [3.8, 4) is 17.0 Å². The molecule has 0 bridgehead atoms. The lowest BCUT2D eigenvalue weighted by molar-refractivity contribution is 0.473. The van der Waals surface area contributed by atoms with Crippen LogP contribution >= 0.6 is 11.3 Å². The van der Waals surface area contributed by atoms with Gasteiger partial charge in [0.2, 0.25) is 0 Å². The zero-order valence-corrected chi connectivity index (χ0v) is 12.6. The molecule has 2 heterocycles. The first-order chi connectivity index (χ1) is 10.3. The van der Waals surface area contributed by atoms with E-state index in [4.69, 9.17) is 10.00 Å². The lowest BCUT2D eigenvalue weighted by Gasteiger charge is -2.30. The van der Waals surface area contributed by atoms with E-state index in [0.717, 1.165) is 43.3 Å². The predicted molar refractivity (Wildman–Crippen MR) is 83.2 cm³/mol. The number of aromatic nitrogens is 1. The first-order valence-electron chi connectivity index (χ1n) is 6.88. The minimum absolute atomic E-state index is 0.520. The number of benzene rings is 1. The average Bonchev–Trinajstić information content (AvgIpc) is 2.88. The Morgan fingerprint density at radius 2 is 2.10 bits per heavy atom. The second-order valence-corrected chi connectivity index (χ2v) is 5.77. The Bertz CT molecular complexity index is 671.